The van der Waals surface area contributed by atoms with Gasteiger partial charge in [0.15, 0.2) is 0 Å². The number of nitrogens with zero attached hydrogens (tertiary/aromatic N) is 2. The van der Waals surface area contributed by atoms with Crippen molar-refractivity contribution in [3.63, 3.8) is 0 Å². The van der Waals surface area contributed by atoms with Crippen LogP contribution in [0.15, 0.2) is 30.3 Å². The van der Waals surface area contributed by atoms with Crippen LogP contribution < -0.4 is 0 Å². The summed E-state index contributed by atoms with van der Waals surface area (Å²) in [6, 6.07) is 9.41. The van der Waals surface area contributed by atoms with Gasteiger partial charge in [-0.3, -0.25) is 9.78 Å². The van der Waals surface area contributed by atoms with Gasteiger partial charge < -0.3 is 10.0 Å². The molecule has 1 aromatic carbocycles. The van der Waals surface area contributed by atoms with Crippen molar-refractivity contribution >= 4 is 16.8 Å². The zero-order chi connectivity index (χ0) is 13.8. The fourth-order valence-corrected chi connectivity index (χ4v) is 2.07. The van der Waals surface area contributed by atoms with Gasteiger partial charge in [-0.2, -0.15) is 0 Å². The molecule has 100 valence electrons. The highest BCUT2D eigenvalue weighted by Gasteiger charge is 2.13. The molecular weight excluding hydrogens is 240 g/mol. The Balaban J connectivity index is 2.35. The minimum absolute atomic E-state index is 0.0199. The third-order valence-corrected chi connectivity index (χ3v) is 3.11. The number of hydrogen-bond acceptors (Lipinski definition) is 3. The van der Waals surface area contributed by atoms with E-state index in [2.05, 4.69) is 4.98 Å². The van der Waals surface area contributed by atoms with E-state index in [1.807, 2.05) is 38.1 Å². The third kappa shape index (κ3) is 2.90. The van der Waals surface area contributed by atoms with E-state index < -0.39 is 0 Å². The fourth-order valence-electron chi connectivity index (χ4n) is 2.07. The molecule has 4 nitrogen and oxygen atoms in total. The van der Waals surface area contributed by atoms with Crippen LogP contribution in [0.4, 0.5) is 0 Å². The number of fused-ring (bicyclic) bond motifs is 1. The monoisotopic (exact) mass is 258 g/mol. The molecule has 1 aromatic heterocycles. The van der Waals surface area contributed by atoms with Crippen molar-refractivity contribution in [1.82, 2.24) is 9.88 Å². The second-order valence-corrected chi connectivity index (χ2v) is 4.47. The molecule has 2 rings (SSSR count). The second-order valence-electron chi connectivity index (χ2n) is 4.47. The van der Waals surface area contributed by atoms with Gasteiger partial charge in [0.25, 0.3) is 5.91 Å². The number of aryl methyl sites for hydroxylation is 1. The molecule has 1 amide bonds. The molecule has 2 aromatic rings. The maximum Gasteiger partial charge on any atom is 0.253 e. The van der Waals surface area contributed by atoms with Crippen molar-refractivity contribution in [2.24, 2.45) is 0 Å². The van der Waals surface area contributed by atoms with Crippen LogP contribution in [0.25, 0.3) is 10.9 Å². The molecule has 0 bridgehead atoms. The summed E-state index contributed by atoms with van der Waals surface area (Å²) in [7, 11) is 0. The van der Waals surface area contributed by atoms with Crippen molar-refractivity contribution in [3.05, 3.63) is 41.6 Å². The first kappa shape index (κ1) is 13.5. The first-order valence-corrected chi connectivity index (χ1v) is 6.43. The van der Waals surface area contributed by atoms with Gasteiger partial charge in [-0.15, -0.1) is 0 Å². The van der Waals surface area contributed by atoms with Crippen LogP contribution in [0.3, 0.4) is 0 Å². The predicted octanol–water partition coefficient (Wildman–Crippen LogP) is 2.00. The molecule has 0 atom stereocenters. The molecule has 1 N–H and O–H groups in total. The summed E-state index contributed by atoms with van der Waals surface area (Å²) in [6.45, 7) is 4.77. The van der Waals surface area contributed by atoms with Crippen LogP contribution >= 0.6 is 0 Å². The summed E-state index contributed by atoms with van der Waals surface area (Å²) in [5.41, 5.74) is 2.48. The summed E-state index contributed by atoms with van der Waals surface area (Å²) in [5.74, 6) is -0.0565. The van der Waals surface area contributed by atoms with Crippen molar-refractivity contribution < 1.29 is 9.90 Å². The molecule has 0 aliphatic carbocycles. The second kappa shape index (κ2) is 5.80. The molecular formula is C15H18N2O2. The van der Waals surface area contributed by atoms with Gasteiger partial charge in [-0.1, -0.05) is 6.07 Å². The van der Waals surface area contributed by atoms with Gasteiger partial charge in [0, 0.05) is 29.7 Å². The topological polar surface area (TPSA) is 53.4 Å². The zero-order valence-corrected chi connectivity index (χ0v) is 11.3. The zero-order valence-electron chi connectivity index (χ0n) is 11.3. The van der Waals surface area contributed by atoms with Crippen LogP contribution in [0.5, 0.6) is 0 Å². The minimum Gasteiger partial charge on any atom is -0.395 e. The normalized spacial score (nSPS) is 10.7. The number of carbonyl (C=O) groups excluding carboxylic acids is 1. The predicted molar refractivity (Wildman–Crippen MR) is 75.1 cm³/mol. The van der Waals surface area contributed by atoms with Gasteiger partial charge in [0.1, 0.15) is 0 Å². The highest BCUT2D eigenvalue weighted by Crippen LogP contribution is 2.16. The molecule has 0 aliphatic rings. The van der Waals surface area contributed by atoms with E-state index in [0.717, 1.165) is 16.6 Å². The van der Waals surface area contributed by atoms with Gasteiger partial charge in [-0.25, -0.2) is 0 Å². The van der Waals surface area contributed by atoms with Crippen LogP contribution in [-0.4, -0.2) is 40.6 Å². The van der Waals surface area contributed by atoms with Gasteiger partial charge in [-0.05, 0) is 38.1 Å². The lowest BCUT2D eigenvalue weighted by molar-refractivity contribution is 0.0732. The number of aliphatic hydroxyl groups excluding tert-OH is 1. The quantitative estimate of drug-likeness (QED) is 0.912. The van der Waals surface area contributed by atoms with E-state index in [1.165, 1.54) is 0 Å². The molecule has 4 heteroatoms. The highest BCUT2D eigenvalue weighted by molar-refractivity contribution is 5.97. The number of likely N-dealkylation sites (N-methyl/N-ethyl adjacent to an activating group) is 1. The van der Waals surface area contributed by atoms with E-state index in [0.29, 0.717) is 18.7 Å². The molecule has 0 radical (unpaired) electrons. The average molecular weight is 258 g/mol. The third-order valence-electron chi connectivity index (χ3n) is 3.11. The average Bonchev–Trinajstić information content (AvgIpc) is 2.43. The molecule has 0 saturated carbocycles. The molecule has 0 unspecified atom stereocenters. The maximum absolute atomic E-state index is 12.3. The smallest absolute Gasteiger partial charge is 0.253 e. The number of carbonyl (C=O) groups is 1. The molecule has 0 spiro atoms. The molecule has 1 heterocycles. The molecule has 19 heavy (non-hydrogen) atoms. The van der Waals surface area contributed by atoms with Crippen molar-refractivity contribution in [1.29, 1.82) is 0 Å². The number of aromatic nitrogens is 1. The Kier molecular flexibility index (Phi) is 4.12. The molecule has 0 aliphatic heterocycles. The Bertz CT molecular complexity index is 596. The number of rotatable bonds is 4. The summed E-state index contributed by atoms with van der Waals surface area (Å²) >= 11 is 0. The van der Waals surface area contributed by atoms with E-state index in [9.17, 15) is 4.79 Å². The lowest BCUT2D eigenvalue weighted by Gasteiger charge is -2.19. The number of hydrogen-bond donors (Lipinski definition) is 1. The fraction of sp³-hybridized carbons (Fsp3) is 0.333. The summed E-state index contributed by atoms with van der Waals surface area (Å²) < 4.78 is 0. The Morgan fingerprint density at radius 3 is 2.79 bits per heavy atom. The Morgan fingerprint density at radius 2 is 2.11 bits per heavy atom. The number of benzene rings is 1. The minimum atomic E-state index is -0.0565. The SMILES string of the molecule is CCN(CCO)C(=O)c1ccc2nc(C)ccc2c1. The van der Waals surface area contributed by atoms with Crippen molar-refractivity contribution in [2.75, 3.05) is 19.7 Å². The summed E-state index contributed by atoms with van der Waals surface area (Å²) in [5, 5.41) is 9.92. The maximum atomic E-state index is 12.3. The van der Waals surface area contributed by atoms with Gasteiger partial charge >= 0.3 is 0 Å². The van der Waals surface area contributed by atoms with Crippen LogP contribution in [0, 0.1) is 6.92 Å². The highest BCUT2D eigenvalue weighted by atomic mass is 16.3. The Hall–Kier alpha value is -1.94. The van der Waals surface area contributed by atoms with E-state index >= 15 is 0 Å². The standard InChI is InChI=1S/C15H18N2O2/c1-3-17(8-9-18)15(19)13-6-7-14-12(10-13)5-4-11(2)16-14/h4-7,10,18H,3,8-9H2,1-2H3. The van der Waals surface area contributed by atoms with Crippen molar-refractivity contribution in [2.45, 2.75) is 13.8 Å². The van der Waals surface area contributed by atoms with Crippen molar-refractivity contribution in [3.8, 4) is 0 Å². The van der Waals surface area contributed by atoms with Crippen LogP contribution in [0.1, 0.15) is 23.0 Å². The Morgan fingerprint density at radius 1 is 1.32 bits per heavy atom. The first-order valence-electron chi connectivity index (χ1n) is 6.43. The summed E-state index contributed by atoms with van der Waals surface area (Å²) in [6.07, 6.45) is 0. The van der Waals surface area contributed by atoms with Crippen LogP contribution in [0.2, 0.25) is 0 Å². The lowest BCUT2D eigenvalue weighted by atomic mass is 10.1. The molecule has 0 saturated heterocycles. The van der Waals surface area contributed by atoms with E-state index in [4.69, 9.17) is 5.11 Å². The van der Waals surface area contributed by atoms with Crippen LogP contribution in [-0.2, 0) is 0 Å². The lowest BCUT2D eigenvalue weighted by Crippen LogP contribution is -2.33. The number of amides is 1. The first-order chi connectivity index (χ1) is 9.15. The summed E-state index contributed by atoms with van der Waals surface area (Å²) in [4.78, 5) is 18.3. The Labute approximate surface area is 112 Å². The van der Waals surface area contributed by atoms with Gasteiger partial charge in [0.05, 0.1) is 12.1 Å². The van der Waals surface area contributed by atoms with E-state index in [-0.39, 0.29) is 12.5 Å². The number of aliphatic hydroxyl groups is 1. The number of pyridine rings is 1. The van der Waals surface area contributed by atoms with Gasteiger partial charge in [0.2, 0.25) is 0 Å². The van der Waals surface area contributed by atoms with E-state index in [1.54, 1.807) is 11.0 Å². The molecule has 0 fully saturated rings. The largest absolute Gasteiger partial charge is 0.395 e.